The van der Waals surface area contributed by atoms with Gasteiger partial charge in [0.2, 0.25) is 5.91 Å². The van der Waals surface area contributed by atoms with Gasteiger partial charge < -0.3 is 15.4 Å². The van der Waals surface area contributed by atoms with E-state index < -0.39 is 30.6 Å². The average molecular weight is 381 g/mol. The number of hydrogen-bond acceptors (Lipinski definition) is 4. The van der Waals surface area contributed by atoms with Crippen molar-refractivity contribution < 1.29 is 27.9 Å². The smallest absolute Gasteiger partial charge is 0.387 e. The van der Waals surface area contributed by atoms with Crippen LogP contribution < -0.4 is 15.4 Å². The van der Waals surface area contributed by atoms with E-state index >= 15 is 0 Å². The number of benzene rings is 1. The van der Waals surface area contributed by atoms with Crippen LogP contribution in [0.3, 0.4) is 0 Å². The lowest BCUT2D eigenvalue weighted by Crippen LogP contribution is -2.48. The zero-order valence-electron chi connectivity index (χ0n) is 14.9. The van der Waals surface area contributed by atoms with Crippen LogP contribution in [0.1, 0.15) is 37.7 Å². The fourth-order valence-electron chi connectivity index (χ4n) is 3.62. The number of rotatable bonds is 5. The molecule has 1 aliphatic carbocycles. The number of imide groups is 1. The normalized spacial score (nSPS) is 18.7. The molecule has 1 saturated carbocycles. The van der Waals surface area contributed by atoms with Crippen molar-refractivity contribution >= 4 is 23.5 Å². The standard InChI is InChI=1S/C18H21F2N3O4/c1-11-12(6-5-7-13(11)27-16(19)20)21-14(24)10-23-15(25)18(22-17(23)26)8-3-2-4-9-18/h5-7,16H,2-4,8-10H2,1H3,(H,21,24)(H,22,26). The lowest BCUT2D eigenvalue weighted by atomic mass is 9.82. The van der Waals surface area contributed by atoms with Crippen LogP contribution in [0.25, 0.3) is 0 Å². The van der Waals surface area contributed by atoms with Crippen LogP contribution in [0.15, 0.2) is 18.2 Å². The largest absolute Gasteiger partial charge is 0.434 e. The van der Waals surface area contributed by atoms with E-state index in [0.29, 0.717) is 18.4 Å². The molecule has 2 N–H and O–H groups in total. The van der Waals surface area contributed by atoms with Gasteiger partial charge in [-0.2, -0.15) is 8.78 Å². The van der Waals surface area contributed by atoms with Gasteiger partial charge in [-0.25, -0.2) is 4.79 Å². The molecule has 1 aliphatic heterocycles. The minimum atomic E-state index is -2.98. The maximum Gasteiger partial charge on any atom is 0.387 e. The summed E-state index contributed by atoms with van der Waals surface area (Å²) in [6.07, 6.45) is 3.86. The zero-order chi connectivity index (χ0) is 19.6. The number of carbonyl (C=O) groups is 3. The average Bonchev–Trinajstić information content (AvgIpc) is 2.83. The molecule has 4 amide bonds. The molecule has 9 heteroatoms. The maximum absolute atomic E-state index is 12.7. The lowest BCUT2D eigenvalue weighted by Gasteiger charge is -2.30. The third kappa shape index (κ3) is 3.86. The number of nitrogens with one attached hydrogen (secondary N) is 2. The van der Waals surface area contributed by atoms with Crippen LogP contribution in [-0.2, 0) is 9.59 Å². The molecule has 146 valence electrons. The molecule has 0 bridgehead atoms. The number of urea groups is 1. The fraction of sp³-hybridized carbons (Fsp3) is 0.500. The summed E-state index contributed by atoms with van der Waals surface area (Å²) in [5.41, 5.74) is -0.291. The Labute approximate surface area is 155 Å². The maximum atomic E-state index is 12.7. The second kappa shape index (κ2) is 7.50. The van der Waals surface area contributed by atoms with E-state index in [-0.39, 0.29) is 17.3 Å². The summed E-state index contributed by atoms with van der Waals surface area (Å²) in [4.78, 5) is 38.1. The molecule has 1 aromatic rings. The van der Waals surface area contributed by atoms with E-state index in [0.717, 1.165) is 24.2 Å². The van der Waals surface area contributed by atoms with Crippen molar-refractivity contribution in [2.75, 3.05) is 11.9 Å². The Balaban J connectivity index is 1.68. The van der Waals surface area contributed by atoms with Crippen molar-refractivity contribution in [3.63, 3.8) is 0 Å². The van der Waals surface area contributed by atoms with Gasteiger partial charge in [-0.05, 0) is 31.9 Å². The van der Waals surface area contributed by atoms with E-state index in [2.05, 4.69) is 15.4 Å². The first-order chi connectivity index (χ1) is 12.8. The molecule has 1 saturated heterocycles. The Morgan fingerprint density at radius 3 is 2.67 bits per heavy atom. The molecule has 0 unspecified atom stereocenters. The van der Waals surface area contributed by atoms with E-state index in [1.807, 2.05) is 0 Å². The Hall–Kier alpha value is -2.71. The molecule has 0 atom stereocenters. The summed E-state index contributed by atoms with van der Waals surface area (Å²) in [5.74, 6) is -1.03. The molecule has 2 aliphatic rings. The number of nitrogens with zero attached hydrogens (tertiary/aromatic N) is 1. The van der Waals surface area contributed by atoms with Gasteiger partial charge in [0.15, 0.2) is 0 Å². The van der Waals surface area contributed by atoms with Crippen LogP contribution in [0.2, 0.25) is 0 Å². The number of alkyl halides is 2. The summed E-state index contributed by atoms with van der Waals surface area (Å²) in [7, 11) is 0. The summed E-state index contributed by atoms with van der Waals surface area (Å²) in [6, 6.07) is 3.77. The Morgan fingerprint density at radius 2 is 2.00 bits per heavy atom. The van der Waals surface area contributed by atoms with Crippen LogP contribution in [-0.4, -0.2) is 41.4 Å². The number of hydrogen-bond donors (Lipinski definition) is 2. The summed E-state index contributed by atoms with van der Waals surface area (Å²) in [6.45, 7) is -1.89. The Bertz CT molecular complexity index is 763. The number of amides is 4. The molecule has 2 fully saturated rings. The minimum Gasteiger partial charge on any atom is -0.434 e. The molecule has 0 aromatic heterocycles. The zero-order valence-corrected chi connectivity index (χ0v) is 14.9. The Morgan fingerprint density at radius 1 is 1.30 bits per heavy atom. The molecule has 27 heavy (non-hydrogen) atoms. The SMILES string of the molecule is Cc1c(NC(=O)CN2C(=O)NC3(CCCCC3)C2=O)cccc1OC(F)F. The van der Waals surface area contributed by atoms with Gasteiger partial charge in [0.25, 0.3) is 5.91 Å². The molecular weight excluding hydrogens is 360 g/mol. The fourth-order valence-corrected chi connectivity index (χ4v) is 3.62. The highest BCUT2D eigenvalue weighted by Gasteiger charge is 2.51. The van der Waals surface area contributed by atoms with E-state index in [4.69, 9.17) is 0 Å². The number of anilines is 1. The topological polar surface area (TPSA) is 87.7 Å². The monoisotopic (exact) mass is 381 g/mol. The van der Waals surface area contributed by atoms with Crippen LogP contribution in [0.5, 0.6) is 5.75 Å². The lowest BCUT2D eigenvalue weighted by molar-refractivity contribution is -0.134. The summed E-state index contributed by atoms with van der Waals surface area (Å²) < 4.78 is 29.3. The predicted octanol–water partition coefficient (Wildman–Crippen LogP) is 2.79. The quantitative estimate of drug-likeness (QED) is 0.768. The number of halogens is 2. The molecule has 7 nitrogen and oxygen atoms in total. The van der Waals surface area contributed by atoms with Crippen molar-refractivity contribution in [2.45, 2.75) is 51.2 Å². The Kier molecular flexibility index (Phi) is 5.29. The second-order valence-corrected chi connectivity index (χ2v) is 6.82. The van der Waals surface area contributed by atoms with Crippen molar-refractivity contribution in [2.24, 2.45) is 0 Å². The molecule has 1 spiro atoms. The van der Waals surface area contributed by atoms with E-state index in [1.54, 1.807) is 0 Å². The van der Waals surface area contributed by atoms with Gasteiger partial charge in [0, 0.05) is 11.3 Å². The van der Waals surface area contributed by atoms with Crippen molar-refractivity contribution in [1.29, 1.82) is 0 Å². The molecule has 1 aromatic carbocycles. The molecule has 0 radical (unpaired) electrons. The van der Waals surface area contributed by atoms with Gasteiger partial charge >= 0.3 is 12.6 Å². The minimum absolute atomic E-state index is 0.0565. The van der Waals surface area contributed by atoms with E-state index in [1.165, 1.54) is 25.1 Å². The first-order valence-corrected chi connectivity index (χ1v) is 8.81. The van der Waals surface area contributed by atoms with Crippen molar-refractivity contribution in [1.82, 2.24) is 10.2 Å². The van der Waals surface area contributed by atoms with Gasteiger partial charge in [-0.3, -0.25) is 14.5 Å². The van der Waals surface area contributed by atoms with Gasteiger partial charge in [0.05, 0.1) is 0 Å². The van der Waals surface area contributed by atoms with Gasteiger partial charge in [-0.1, -0.05) is 25.3 Å². The summed E-state index contributed by atoms with van der Waals surface area (Å²) in [5, 5.41) is 5.28. The van der Waals surface area contributed by atoms with E-state index in [9.17, 15) is 23.2 Å². The third-order valence-electron chi connectivity index (χ3n) is 5.03. The van der Waals surface area contributed by atoms with Crippen LogP contribution in [0.4, 0.5) is 19.3 Å². The van der Waals surface area contributed by atoms with Crippen molar-refractivity contribution in [3.05, 3.63) is 23.8 Å². The molecule has 1 heterocycles. The highest BCUT2D eigenvalue weighted by atomic mass is 19.3. The van der Waals surface area contributed by atoms with Crippen LogP contribution in [0, 0.1) is 6.92 Å². The number of ether oxygens (including phenoxy) is 1. The summed E-state index contributed by atoms with van der Waals surface area (Å²) >= 11 is 0. The highest BCUT2D eigenvalue weighted by Crippen LogP contribution is 2.33. The van der Waals surface area contributed by atoms with Gasteiger partial charge in [-0.15, -0.1) is 0 Å². The third-order valence-corrected chi connectivity index (χ3v) is 5.03. The molecule has 3 rings (SSSR count). The van der Waals surface area contributed by atoms with Gasteiger partial charge in [0.1, 0.15) is 17.8 Å². The second-order valence-electron chi connectivity index (χ2n) is 6.82. The first-order valence-electron chi connectivity index (χ1n) is 8.81. The number of carbonyl (C=O) groups excluding carboxylic acids is 3. The highest BCUT2D eigenvalue weighted by molar-refractivity contribution is 6.10. The first kappa shape index (κ1) is 19.1. The van der Waals surface area contributed by atoms with Crippen molar-refractivity contribution in [3.8, 4) is 5.75 Å². The van der Waals surface area contributed by atoms with Crippen LogP contribution >= 0.6 is 0 Å². The molecular formula is C18H21F2N3O4. The predicted molar refractivity (Wildman–Crippen MR) is 92.5 cm³/mol.